The molecular formula is C29H28Br3N3O3. The number of ether oxygens (including phenoxy) is 2. The van der Waals surface area contributed by atoms with E-state index in [1.165, 1.54) is 10.2 Å². The summed E-state index contributed by atoms with van der Waals surface area (Å²) in [7, 11) is 0. The SMILES string of the molecule is CCOc1cc(C=Nn2c([C@H](C)CC)nc3ccc(Br)cc3c2=O)c(Br)c(Br)c1OCc1ccc(C)cc1. The summed E-state index contributed by atoms with van der Waals surface area (Å²) in [5.41, 5.74) is 3.40. The molecule has 4 aromatic rings. The maximum atomic E-state index is 13.5. The Bertz CT molecular complexity index is 1550. The van der Waals surface area contributed by atoms with Gasteiger partial charge < -0.3 is 9.47 Å². The number of rotatable bonds is 9. The molecule has 1 aromatic heterocycles. The fourth-order valence-corrected chi connectivity index (χ4v) is 5.13. The fourth-order valence-electron chi connectivity index (χ4n) is 3.83. The molecule has 4 rings (SSSR count). The summed E-state index contributed by atoms with van der Waals surface area (Å²) >= 11 is 10.8. The Morgan fingerprint density at radius 3 is 2.45 bits per heavy atom. The summed E-state index contributed by atoms with van der Waals surface area (Å²) < 4.78 is 15.7. The van der Waals surface area contributed by atoms with Crippen LogP contribution in [0.3, 0.4) is 0 Å². The van der Waals surface area contributed by atoms with E-state index in [2.05, 4.69) is 78.9 Å². The van der Waals surface area contributed by atoms with Gasteiger partial charge in [-0.1, -0.05) is 59.6 Å². The van der Waals surface area contributed by atoms with Crippen LogP contribution in [0.2, 0.25) is 0 Å². The highest BCUT2D eigenvalue weighted by Crippen LogP contribution is 2.43. The maximum Gasteiger partial charge on any atom is 0.282 e. The van der Waals surface area contributed by atoms with Crippen LogP contribution >= 0.6 is 47.8 Å². The van der Waals surface area contributed by atoms with Gasteiger partial charge in [0, 0.05) is 20.4 Å². The molecule has 0 radical (unpaired) electrons. The van der Waals surface area contributed by atoms with E-state index in [9.17, 15) is 4.79 Å². The zero-order valence-corrected chi connectivity index (χ0v) is 26.4. The van der Waals surface area contributed by atoms with Crippen molar-refractivity contribution in [3.8, 4) is 11.5 Å². The van der Waals surface area contributed by atoms with Gasteiger partial charge in [-0.25, -0.2) is 4.98 Å². The van der Waals surface area contributed by atoms with E-state index < -0.39 is 0 Å². The summed E-state index contributed by atoms with van der Waals surface area (Å²) in [6, 6.07) is 15.6. The molecule has 9 heteroatoms. The van der Waals surface area contributed by atoms with Gasteiger partial charge in [0.15, 0.2) is 11.5 Å². The quantitative estimate of drug-likeness (QED) is 0.164. The predicted molar refractivity (Wildman–Crippen MR) is 164 cm³/mol. The highest BCUT2D eigenvalue weighted by Gasteiger charge is 2.19. The zero-order chi connectivity index (χ0) is 27.4. The third-order valence-corrected chi connectivity index (χ3v) is 8.79. The van der Waals surface area contributed by atoms with Crippen LogP contribution in [0.15, 0.2) is 71.8 Å². The van der Waals surface area contributed by atoms with E-state index in [4.69, 9.17) is 14.5 Å². The number of aromatic nitrogens is 2. The third kappa shape index (κ3) is 6.21. The van der Waals surface area contributed by atoms with Crippen molar-refractivity contribution in [3.05, 3.63) is 94.8 Å². The first kappa shape index (κ1) is 28.5. The second kappa shape index (κ2) is 12.6. The van der Waals surface area contributed by atoms with Gasteiger partial charge in [-0.3, -0.25) is 4.79 Å². The lowest BCUT2D eigenvalue weighted by Gasteiger charge is -2.17. The molecule has 1 heterocycles. The van der Waals surface area contributed by atoms with E-state index in [0.717, 1.165) is 26.5 Å². The predicted octanol–water partition coefficient (Wildman–Crippen LogP) is 8.37. The summed E-state index contributed by atoms with van der Waals surface area (Å²) in [6.07, 6.45) is 2.46. The van der Waals surface area contributed by atoms with Crippen molar-refractivity contribution >= 4 is 64.9 Å². The standard InChI is InChI=1S/C29H28Br3N3O3/c1-5-18(4)28-34-23-12-11-21(30)14-22(23)29(36)35(28)33-15-20-13-24(37-6-2)27(26(32)25(20)31)38-16-19-9-7-17(3)8-10-19/h7-15,18H,5-6,16H2,1-4H3/t18-/m1/s1. The van der Waals surface area contributed by atoms with Crippen molar-refractivity contribution in [3.63, 3.8) is 0 Å². The van der Waals surface area contributed by atoms with E-state index in [-0.39, 0.29) is 11.5 Å². The van der Waals surface area contributed by atoms with Crippen LogP contribution in [0.25, 0.3) is 10.9 Å². The number of halogens is 3. The fraction of sp³-hybridized carbons (Fsp3) is 0.276. The molecule has 6 nitrogen and oxygen atoms in total. The summed E-state index contributed by atoms with van der Waals surface area (Å²) in [6.45, 7) is 8.94. The second-order valence-corrected chi connectivity index (χ2v) is 11.4. The molecule has 1 atom stereocenters. The largest absolute Gasteiger partial charge is 0.490 e. The zero-order valence-electron chi connectivity index (χ0n) is 21.6. The van der Waals surface area contributed by atoms with Crippen LogP contribution in [0.1, 0.15) is 55.6 Å². The van der Waals surface area contributed by atoms with Gasteiger partial charge in [0.1, 0.15) is 12.4 Å². The smallest absolute Gasteiger partial charge is 0.282 e. The third-order valence-electron chi connectivity index (χ3n) is 6.16. The first-order valence-electron chi connectivity index (χ1n) is 12.3. The molecule has 0 aliphatic heterocycles. The Morgan fingerprint density at radius 2 is 1.76 bits per heavy atom. The van der Waals surface area contributed by atoms with E-state index in [1.807, 2.05) is 44.2 Å². The topological polar surface area (TPSA) is 65.7 Å². The van der Waals surface area contributed by atoms with Crippen LogP contribution < -0.4 is 15.0 Å². The molecular weight excluding hydrogens is 678 g/mol. The Balaban J connectivity index is 1.76. The van der Waals surface area contributed by atoms with Crippen molar-refractivity contribution in [1.29, 1.82) is 0 Å². The number of aryl methyl sites for hydroxylation is 1. The first-order chi connectivity index (χ1) is 18.2. The molecule has 0 saturated carbocycles. The van der Waals surface area contributed by atoms with Gasteiger partial charge in [-0.15, -0.1) is 0 Å². The average molecular weight is 706 g/mol. The summed E-state index contributed by atoms with van der Waals surface area (Å²) in [4.78, 5) is 18.3. The van der Waals surface area contributed by atoms with Crippen molar-refractivity contribution < 1.29 is 9.47 Å². The molecule has 38 heavy (non-hydrogen) atoms. The number of nitrogens with zero attached hydrogens (tertiary/aromatic N) is 3. The lowest BCUT2D eigenvalue weighted by Crippen LogP contribution is -2.23. The van der Waals surface area contributed by atoms with Crippen molar-refractivity contribution in [2.24, 2.45) is 5.10 Å². The Morgan fingerprint density at radius 1 is 1.03 bits per heavy atom. The molecule has 0 saturated heterocycles. The number of benzene rings is 3. The van der Waals surface area contributed by atoms with E-state index >= 15 is 0 Å². The van der Waals surface area contributed by atoms with E-state index in [0.29, 0.717) is 45.9 Å². The van der Waals surface area contributed by atoms with Crippen LogP contribution in [-0.4, -0.2) is 22.5 Å². The summed E-state index contributed by atoms with van der Waals surface area (Å²) in [5.74, 6) is 1.82. The van der Waals surface area contributed by atoms with Gasteiger partial charge in [0.2, 0.25) is 0 Å². The van der Waals surface area contributed by atoms with Gasteiger partial charge >= 0.3 is 0 Å². The van der Waals surface area contributed by atoms with Crippen LogP contribution in [0.4, 0.5) is 0 Å². The lowest BCUT2D eigenvalue weighted by molar-refractivity contribution is 0.267. The number of fused-ring (bicyclic) bond motifs is 1. The second-order valence-electron chi connectivity index (χ2n) is 8.93. The molecule has 3 aromatic carbocycles. The molecule has 198 valence electrons. The van der Waals surface area contributed by atoms with Gasteiger partial charge in [-0.2, -0.15) is 9.78 Å². The normalized spacial score (nSPS) is 12.3. The molecule has 0 N–H and O–H groups in total. The minimum Gasteiger partial charge on any atom is -0.490 e. The van der Waals surface area contributed by atoms with Gasteiger partial charge in [0.25, 0.3) is 5.56 Å². The summed E-state index contributed by atoms with van der Waals surface area (Å²) in [5, 5.41) is 5.11. The molecule has 0 bridgehead atoms. The van der Waals surface area contributed by atoms with Crippen molar-refractivity contribution in [2.75, 3.05) is 6.61 Å². The molecule has 0 fully saturated rings. The highest BCUT2D eigenvalue weighted by molar-refractivity contribution is 9.13. The Labute approximate surface area is 247 Å². The molecule has 0 spiro atoms. The minimum atomic E-state index is -0.221. The number of hydrogen-bond donors (Lipinski definition) is 0. The lowest BCUT2D eigenvalue weighted by atomic mass is 10.1. The van der Waals surface area contributed by atoms with Crippen molar-refractivity contribution in [1.82, 2.24) is 9.66 Å². The van der Waals surface area contributed by atoms with Crippen molar-refractivity contribution in [2.45, 2.75) is 46.6 Å². The molecule has 0 aliphatic carbocycles. The molecule has 0 aliphatic rings. The highest BCUT2D eigenvalue weighted by atomic mass is 79.9. The van der Waals surface area contributed by atoms with Crippen LogP contribution in [-0.2, 0) is 6.61 Å². The van der Waals surface area contributed by atoms with Gasteiger partial charge in [0.05, 0.1) is 28.2 Å². The average Bonchev–Trinajstić information content (AvgIpc) is 2.91. The van der Waals surface area contributed by atoms with Crippen LogP contribution in [0.5, 0.6) is 11.5 Å². The molecule has 0 unspecified atom stereocenters. The Hall–Kier alpha value is -2.49. The minimum absolute atomic E-state index is 0.0413. The number of hydrogen-bond acceptors (Lipinski definition) is 5. The Kier molecular flexibility index (Phi) is 9.44. The van der Waals surface area contributed by atoms with Crippen LogP contribution in [0, 0.1) is 6.92 Å². The maximum absolute atomic E-state index is 13.5. The molecule has 0 amide bonds. The first-order valence-corrected chi connectivity index (χ1v) is 14.7. The van der Waals surface area contributed by atoms with Gasteiger partial charge in [-0.05, 0) is 82.0 Å². The monoisotopic (exact) mass is 703 g/mol. The van der Waals surface area contributed by atoms with E-state index in [1.54, 1.807) is 12.3 Å².